The molecule has 1 aliphatic rings. The molecular weight excluding hydrogens is 382 g/mol. The predicted octanol–water partition coefficient (Wildman–Crippen LogP) is 2.64. The molecule has 2 N–H and O–H groups in total. The molecule has 0 spiro atoms. The fraction of sp³-hybridized carbons (Fsp3) is 0.381. The fourth-order valence-corrected chi connectivity index (χ4v) is 4.33. The third-order valence-corrected chi connectivity index (χ3v) is 6.23. The number of anilines is 1. The van der Waals surface area contributed by atoms with Gasteiger partial charge in [-0.15, -0.1) is 11.3 Å². The van der Waals surface area contributed by atoms with E-state index in [9.17, 15) is 0 Å². The molecule has 0 amide bonds. The summed E-state index contributed by atoms with van der Waals surface area (Å²) in [6, 6.07) is 10.4. The van der Waals surface area contributed by atoms with Crippen LogP contribution in [0, 0.1) is 13.8 Å². The predicted molar refractivity (Wildman–Crippen MR) is 118 cm³/mol. The Bertz CT molecular complexity index is 955. The summed E-state index contributed by atoms with van der Waals surface area (Å²) in [5.74, 6) is 0.610. The van der Waals surface area contributed by atoms with Gasteiger partial charge in [0.05, 0.1) is 18.8 Å². The van der Waals surface area contributed by atoms with Crippen LogP contribution >= 0.6 is 11.3 Å². The Morgan fingerprint density at radius 1 is 1.14 bits per heavy atom. The summed E-state index contributed by atoms with van der Waals surface area (Å²) in [6.07, 6.45) is 1.85. The number of rotatable bonds is 5. The van der Waals surface area contributed by atoms with Gasteiger partial charge in [0, 0.05) is 49.0 Å². The van der Waals surface area contributed by atoms with E-state index in [2.05, 4.69) is 55.6 Å². The number of nitrogens with two attached hydrogens (primary N) is 1. The molecule has 1 aromatic carbocycles. The first-order valence-corrected chi connectivity index (χ1v) is 10.8. The highest BCUT2D eigenvalue weighted by atomic mass is 32.1. The normalized spacial score (nSPS) is 15.2. The second-order valence-corrected chi connectivity index (χ2v) is 8.13. The van der Waals surface area contributed by atoms with Crippen molar-refractivity contribution < 1.29 is 0 Å². The minimum Gasteiger partial charge on any atom is -0.370 e. The van der Waals surface area contributed by atoms with Crippen molar-refractivity contribution in [3.8, 4) is 0 Å². The molecule has 7 nitrogen and oxygen atoms in total. The van der Waals surface area contributed by atoms with E-state index in [1.807, 2.05) is 24.6 Å². The van der Waals surface area contributed by atoms with Crippen LogP contribution in [0.3, 0.4) is 0 Å². The van der Waals surface area contributed by atoms with Crippen LogP contribution in [0.4, 0.5) is 5.13 Å². The molecule has 1 aliphatic heterocycles. The van der Waals surface area contributed by atoms with E-state index in [0.29, 0.717) is 12.5 Å². The van der Waals surface area contributed by atoms with Crippen LogP contribution in [0.1, 0.15) is 22.5 Å². The first-order valence-electron chi connectivity index (χ1n) is 9.88. The van der Waals surface area contributed by atoms with Gasteiger partial charge in [0.25, 0.3) is 0 Å². The lowest BCUT2D eigenvalue weighted by molar-refractivity contribution is 0.380. The maximum absolute atomic E-state index is 6.31. The number of hydrogen-bond donors (Lipinski definition) is 1. The minimum absolute atomic E-state index is 0.561. The van der Waals surface area contributed by atoms with Gasteiger partial charge in [-0.05, 0) is 19.4 Å². The van der Waals surface area contributed by atoms with Gasteiger partial charge in [-0.2, -0.15) is 5.10 Å². The van der Waals surface area contributed by atoms with Gasteiger partial charge in [-0.1, -0.05) is 30.3 Å². The van der Waals surface area contributed by atoms with Crippen molar-refractivity contribution in [3.05, 3.63) is 64.4 Å². The smallest absolute Gasteiger partial charge is 0.191 e. The molecule has 152 valence electrons. The summed E-state index contributed by atoms with van der Waals surface area (Å²) in [6.45, 7) is 9.03. The molecule has 29 heavy (non-hydrogen) atoms. The van der Waals surface area contributed by atoms with Crippen molar-refractivity contribution in [2.45, 2.75) is 26.9 Å². The number of guanidine groups is 1. The fourth-order valence-electron chi connectivity index (χ4n) is 3.63. The van der Waals surface area contributed by atoms with E-state index in [-0.39, 0.29) is 0 Å². The highest BCUT2D eigenvalue weighted by Crippen LogP contribution is 2.19. The van der Waals surface area contributed by atoms with Crippen LogP contribution in [0.15, 0.2) is 46.9 Å². The van der Waals surface area contributed by atoms with Crippen molar-refractivity contribution in [2.24, 2.45) is 10.7 Å². The molecule has 2 aromatic heterocycles. The molecule has 8 heteroatoms. The molecule has 4 rings (SSSR count). The molecule has 0 unspecified atom stereocenters. The second kappa shape index (κ2) is 8.65. The first-order chi connectivity index (χ1) is 14.1. The zero-order valence-electron chi connectivity index (χ0n) is 17.0. The molecule has 1 saturated heterocycles. The SMILES string of the molecule is Cc1nn(Cc2ccccc2)c(C)c1CN=C(N)N1CCN(c2nccs2)CC1. The van der Waals surface area contributed by atoms with E-state index in [0.717, 1.165) is 54.8 Å². The Morgan fingerprint density at radius 3 is 2.59 bits per heavy atom. The second-order valence-electron chi connectivity index (χ2n) is 7.26. The average molecular weight is 410 g/mol. The van der Waals surface area contributed by atoms with Crippen LogP contribution in [0.25, 0.3) is 0 Å². The van der Waals surface area contributed by atoms with Crippen molar-refractivity contribution in [1.82, 2.24) is 19.7 Å². The lowest BCUT2D eigenvalue weighted by Gasteiger charge is -2.35. The van der Waals surface area contributed by atoms with E-state index in [1.54, 1.807) is 11.3 Å². The number of aryl methyl sites for hydroxylation is 1. The topological polar surface area (TPSA) is 75.6 Å². The number of aliphatic imine (C=N–C) groups is 1. The number of thiazole rings is 1. The van der Waals surface area contributed by atoms with Gasteiger partial charge in [-0.3, -0.25) is 4.68 Å². The Morgan fingerprint density at radius 2 is 1.90 bits per heavy atom. The Hall–Kier alpha value is -2.87. The summed E-state index contributed by atoms with van der Waals surface area (Å²) in [5.41, 5.74) is 10.9. The summed E-state index contributed by atoms with van der Waals surface area (Å²) in [4.78, 5) is 13.5. The van der Waals surface area contributed by atoms with Gasteiger partial charge in [0.2, 0.25) is 0 Å². The van der Waals surface area contributed by atoms with Gasteiger partial charge in [0.1, 0.15) is 0 Å². The van der Waals surface area contributed by atoms with Gasteiger partial charge in [0.15, 0.2) is 11.1 Å². The maximum atomic E-state index is 6.31. The highest BCUT2D eigenvalue weighted by Gasteiger charge is 2.20. The molecule has 3 aromatic rings. The van der Waals surface area contributed by atoms with E-state index < -0.39 is 0 Å². The van der Waals surface area contributed by atoms with Gasteiger partial charge >= 0.3 is 0 Å². The Balaban J connectivity index is 1.38. The molecule has 0 saturated carbocycles. The molecule has 3 heterocycles. The van der Waals surface area contributed by atoms with Crippen molar-refractivity contribution in [1.29, 1.82) is 0 Å². The summed E-state index contributed by atoms with van der Waals surface area (Å²) in [5, 5.41) is 7.81. The molecule has 0 radical (unpaired) electrons. The summed E-state index contributed by atoms with van der Waals surface area (Å²) >= 11 is 1.68. The van der Waals surface area contributed by atoms with Crippen molar-refractivity contribution in [3.63, 3.8) is 0 Å². The Labute approximate surface area is 175 Å². The summed E-state index contributed by atoms with van der Waals surface area (Å²) < 4.78 is 2.05. The third kappa shape index (κ3) is 4.42. The van der Waals surface area contributed by atoms with Crippen LogP contribution < -0.4 is 10.6 Å². The average Bonchev–Trinajstić information content (AvgIpc) is 3.37. The number of hydrogen-bond acceptors (Lipinski definition) is 5. The monoisotopic (exact) mass is 409 g/mol. The standard InChI is InChI=1S/C21H27N7S/c1-16-19(17(2)28(25-16)15-18-6-4-3-5-7-18)14-24-20(22)26-9-11-27(12-10-26)21-23-8-13-29-21/h3-8,13H,9-12,14-15H2,1-2H3,(H2,22,24). The highest BCUT2D eigenvalue weighted by molar-refractivity contribution is 7.13. The lowest BCUT2D eigenvalue weighted by Crippen LogP contribution is -2.51. The van der Waals surface area contributed by atoms with E-state index in [4.69, 9.17) is 10.8 Å². The molecule has 0 bridgehead atoms. The zero-order chi connectivity index (χ0) is 20.2. The molecule has 1 fully saturated rings. The van der Waals surface area contributed by atoms with Gasteiger partial charge < -0.3 is 15.5 Å². The number of nitrogens with zero attached hydrogens (tertiary/aromatic N) is 6. The van der Waals surface area contributed by atoms with E-state index in [1.165, 1.54) is 5.56 Å². The number of piperazine rings is 1. The molecule has 0 aliphatic carbocycles. The zero-order valence-corrected chi connectivity index (χ0v) is 17.8. The first kappa shape index (κ1) is 19.4. The quantitative estimate of drug-likeness (QED) is 0.518. The van der Waals surface area contributed by atoms with Crippen molar-refractivity contribution in [2.75, 3.05) is 31.1 Å². The van der Waals surface area contributed by atoms with Crippen molar-refractivity contribution >= 4 is 22.4 Å². The number of benzene rings is 1. The Kier molecular flexibility index (Phi) is 5.80. The summed E-state index contributed by atoms with van der Waals surface area (Å²) in [7, 11) is 0. The van der Waals surface area contributed by atoms with Crippen LogP contribution in [-0.2, 0) is 13.1 Å². The third-order valence-electron chi connectivity index (χ3n) is 5.40. The maximum Gasteiger partial charge on any atom is 0.191 e. The van der Waals surface area contributed by atoms with Crippen LogP contribution in [-0.4, -0.2) is 51.8 Å². The van der Waals surface area contributed by atoms with Crippen LogP contribution in [0.5, 0.6) is 0 Å². The molecular formula is C21H27N7S. The van der Waals surface area contributed by atoms with E-state index >= 15 is 0 Å². The molecule has 0 atom stereocenters. The van der Waals surface area contributed by atoms with Gasteiger partial charge in [-0.25, -0.2) is 9.98 Å². The lowest BCUT2D eigenvalue weighted by atomic mass is 10.2. The largest absolute Gasteiger partial charge is 0.370 e. The number of aromatic nitrogens is 3. The minimum atomic E-state index is 0.561. The van der Waals surface area contributed by atoms with Crippen LogP contribution in [0.2, 0.25) is 0 Å².